The third-order valence-electron chi connectivity index (χ3n) is 6.50. The van der Waals surface area contributed by atoms with Gasteiger partial charge in [-0.15, -0.1) is 0 Å². The van der Waals surface area contributed by atoms with Crippen LogP contribution in [0.5, 0.6) is 0 Å². The minimum atomic E-state index is -0.437. The molecule has 3 atom stereocenters. The van der Waals surface area contributed by atoms with Crippen LogP contribution in [0.4, 0.5) is 5.69 Å². The van der Waals surface area contributed by atoms with Crippen molar-refractivity contribution in [3.8, 4) is 0 Å². The minimum absolute atomic E-state index is 0.0293. The fourth-order valence-electron chi connectivity index (χ4n) is 4.95. The molecule has 2 heterocycles. The number of fused-ring (bicyclic) bond motifs is 1. The number of hydrogen-bond donors (Lipinski definition) is 1. The van der Waals surface area contributed by atoms with E-state index in [0.717, 1.165) is 36.2 Å². The molecule has 2 saturated heterocycles. The number of esters is 1. The maximum atomic E-state index is 12.4. The fourth-order valence-corrected chi connectivity index (χ4v) is 4.95. The molecule has 1 saturated carbocycles. The Morgan fingerprint density at radius 1 is 1.37 bits per heavy atom. The van der Waals surface area contributed by atoms with E-state index >= 15 is 0 Å². The van der Waals surface area contributed by atoms with Gasteiger partial charge in [-0.1, -0.05) is 24.3 Å². The van der Waals surface area contributed by atoms with Crippen molar-refractivity contribution < 1.29 is 14.3 Å². The molecule has 144 valence electrons. The summed E-state index contributed by atoms with van der Waals surface area (Å²) in [6, 6.07) is 8.35. The molecule has 1 aromatic carbocycles. The second-order valence-corrected chi connectivity index (χ2v) is 8.47. The average Bonchev–Trinajstić information content (AvgIpc) is 3.25. The van der Waals surface area contributed by atoms with Gasteiger partial charge in [0.2, 0.25) is 5.91 Å². The molecule has 0 radical (unpaired) electrons. The number of hydrogen-bond acceptors (Lipinski definition) is 4. The highest BCUT2D eigenvalue weighted by molar-refractivity contribution is 5.92. The van der Waals surface area contributed by atoms with Gasteiger partial charge in [-0.05, 0) is 63.3 Å². The maximum Gasteiger partial charge on any atom is 0.313 e. The summed E-state index contributed by atoms with van der Waals surface area (Å²) in [7, 11) is 0. The number of nitrogens with zero attached hydrogens (tertiary/aromatic N) is 1. The first-order valence-corrected chi connectivity index (χ1v) is 9.93. The van der Waals surface area contributed by atoms with Gasteiger partial charge in [-0.3, -0.25) is 14.5 Å². The Balaban J connectivity index is 1.38. The van der Waals surface area contributed by atoms with Crippen LogP contribution >= 0.6 is 0 Å². The third kappa shape index (κ3) is 3.53. The van der Waals surface area contributed by atoms with Gasteiger partial charge in [0.05, 0.1) is 18.6 Å². The van der Waals surface area contributed by atoms with E-state index in [1.54, 1.807) is 0 Å². The van der Waals surface area contributed by atoms with Crippen LogP contribution in [-0.2, 0) is 20.7 Å². The fraction of sp³-hybridized carbons (Fsp3) is 0.545. The Labute approximate surface area is 160 Å². The second-order valence-electron chi connectivity index (χ2n) is 8.47. The van der Waals surface area contributed by atoms with Crippen molar-refractivity contribution in [1.82, 2.24) is 4.90 Å². The van der Waals surface area contributed by atoms with E-state index in [2.05, 4.69) is 23.7 Å². The van der Waals surface area contributed by atoms with E-state index in [9.17, 15) is 9.59 Å². The predicted molar refractivity (Wildman–Crippen MR) is 104 cm³/mol. The smallest absolute Gasteiger partial charge is 0.313 e. The number of benzene rings is 1. The van der Waals surface area contributed by atoms with E-state index in [1.807, 2.05) is 24.3 Å². The van der Waals surface area contributed by atoms with E-state index < -0.39 is 5.41 Å². The van der Waals surface area contributed by atoms with Crippen molar-refractivity contribution in [2.45, 2.75) is 45.1 Å². The number of carbonyl (C=O) groups excluding carboxylic acids is 2. The summed E-state index contributed by atoms with van der Waals surface area (Å²) >= 11 is 0. The van der Waals surface area contributed by atoms with Gasteiger partial charge in [0.1, 0.15) is 0 Å². The molecule has 2 aliphatic heterocycles. The molecule has 1 aromatic rings. The van der Waals surface area contributed by atoms with Crippen LogP contribution in [0, 0.1) is 11.3 Å². The zero-order valence-corrected chi connectivity index (χ0v) is 16.0. The molecular formula is C22H28N2O3. The summed E-state index contributed by atoms with van der Waals surface area (Å²) in [5.74, 6) is 0.198. The number of carbonyl (C=O) groups is 2. The zero-order chi connectivity index (χ0) is 19.0. The van der Waals surface area contributed by atoms with Crippen molar-refractivity contribution in [2.24, 2.45) is 11.3 Å². The Kier molecular flexibility index (Phi) is 4.81. The van der Waals surface area contributed by atoms with Crippen molar-refractivity contribution in [3.05, 3.63) is 42.0 Å². The summed E-state index contributed by atoms with van der Waals surface area (Å²) in [6.07, 6.45) is 4.62. The molecule has 5 nitrogen and oxygen atoms in total. The molecular weight excluding hydrogens is 340 g/mol. The van der Waals surface area contributed by atoms with E-state index in [1.165, 1.54) is 12.8 Å². The first kappa shape index (κ1) is 18.2. The Morgan fingerprint density at radius 2 is 2.15 bits per heavy atom. The number of rotatable bonds is 5. The number of nitrogens with one attached hydrogen (secondary N) is 1. The van der Waals surface area contributed by atoms with Crippen molar-refractivity contribution in [2.75, 3.05) is 25.0 Å². The predicted octanol–water partition coefficient (Wildman–Crippen LogP) is 3.16. The topological polar surface area (TPSA) is 58.6 Å². The summed E-state index contributed by atoms with van der Waals surface area (Å²) in [4.78, 5) is 26.9. The molecule has 3 aliphatic rings. The lowest BCUT2D eigenvalue weighted by Crippen LogP contribution is -2.35. The van der Waals surface area contributed by atoms with Crippen LogP contribution in [0.25, 0.3) is 0 Å². The molecule has 4 rings (SSSR count). The summed E-state index contributed by atoms with van der Waals surface area (Å²) in [6.45, 7) is 8.23. The number of anilines is 1. The second kappa shape index (κ2) is 7.12. The molecule has 0 spiro atoms. The van der Waals surface area contributed by atoms with E-state index in [0.29, 0.717) is 25.6 Å². The van der Waals surface area contributed by atoms with Crippen LogP contribution in [0.15, 0.2) is 36.4 Å². The number of likely N-dealkylation sites (tertiary alicyclic amines) is 1. The first-order valence-electron chi connectivity index (χ1n) is 9.93. The van der Waals surface area contributed by atoms with Crippen LogP contribution < -0.4 is 5.32 Å². The summed E-state index contributed by atoms with van der Waals surface area (Å²) in [5, 5.41) is 2.98. The monoisotopic (exact) mass is 368 g/mol. The average molecular weight is 368 g/mol. The molecule has 5 heteroatoms. The standard InChI is InChI=1S/C22H28N2O3/c1-15-10-18-14-27-21(26)22(18,11-15)12-17-5-7-19(8-6-17)23-20(25)13-24-9-3-4-16(24)2/h5-8,16,18H,1,3-4,9-14H2,2H3,(H,23,25). The van der Waals surface area contributed by atoms with Crippen LogP contribution in [0.3, 0.4) is 0 Å². The van der Waals surface area contributed by atoms with E-state index in [4.69, 9.17) is 4.74 Å². The van der Waals surface area contributed by atoms with Crippen LogP contribution in [0.1, 0.15) is 38.2 Å². The maximum absolute atomic E-state index is 12.4. The van der Waals surface area contributed by atoms with E-state index in [-0.39, 0.29) is 17.8 Å². The molecule has 3 fully saturated rings. The summed E-state index contributed by atoms with van der Waals surface area (Å²) < 4.78 is 5.35. The quantitative estimate of drug-likeness (QED) is 0.641. The number of amides is 1. The highest BCUT2D eigenvalue weighted by Crippen LogP contribution is 2.52. The van der Waals surface area contributed by atoms with Gasteiger partial charge < -0.3 is 10.1 Å². The normalized spacial score (nSPS) is 30.4. The van der Waals surface area contributed by atoms with Gasteiger partial charge >= 0.3 is 5.97 Å². The lowest BCUT2D eigenvalue weighted by atomic mass is 9.75. The first-order chi connectivity index (χ1) is 13.0. The highest BCUT2D eigenvalue weighted by atomic mass is 16.5. The molecule has 27 heavy (non-hydrogen) atoms. The number of allylic oxidation sites excluding steroid dienone is 1. The molecule has 3 unspecified atom stereocenters. The van der Waals surface area contributed by atoms with Gasteiger partial charge in [-0.25, -0.2) is 0 Å². The lowest BCUT2D eigenvalue weighted by molar-refractivity contribution is -0.146. The van der Waals surface area contributed by atoms with Gasteiger partial charge in [0.15, 0.2) is 0 Å². The zero-order valence-electron chi connectivity index (χ0n) is 16.0. The molecule has 0 aromatic heterocycles. The third-order valence-corrected chi connectivity index (χ3v) is 6.50. The number of cyclic esters (lactones) is 1. The van der Waals surface area contributed by atoms with Gasteiger partial charge in [0, 0.05) is 17.6 Å². The largest absolute Gasteiger partial charge is 0.465 e. The Bertz CT molecular complexity index is 757. The molecule has 1 amide bonds. The molecule has 0 bridgehead atoms. The lowest BCUT2D eigenvalue weighted by Gasteiger charge is -2.24. The SMILES string of the molecule is C=C1CC2COC(=O)C2(Cc2ccc(NC(=O)CN3CCCC3C)cc2)C1. The molecule has 1 N–H and O–H groups in total. The Morgan fingerprint density at radius 3 is 2.85 bits per heavy atom. The van der Waals surface area contributed by atoms with Crippen molar-refractivity contribution >= 4 is 17.6 Å². The van der Waals surface area contributed by atoms with Gasteiger partial charge in [0.25, 0.3) is 0 Å². The summed E-state index contributed by atoms with van der Waals surface area (Å²) in [5.41, 5.74) is 2.61. The minimum Gasteiger partial charge on any atom is -0.465 e. The van der Waals surface area contributed by atoms with Crippen molar-refractivity contribution in [3.63, 3.8) is 0 Å². The molecule has 1 aliphatic carbocycles. The van der Waals surface area contributed by atoms with Crippen LogP contribution in [0.2, 0.25) is 0 Å². The highest BCUT2D eigenvalue weighted by Gasteiger charge is 2.55. The van der Waals surface area contributed by atoms with Gasteiger partial charge in [-0.2, -0.15) is 0 Å². The Hall–Kier alpha value is -2.14. The van der Waals surface area contributed by atoms with Crippen molar-refractivity contribution in [1.29, 1.82) is 0 Å². The number of ether oxygens (including phenoxy) is 1. The van der Waals surface area contributed by atoms with Crippen LogP contribution in [-0.4, -0.2) is 42.5 Å².